The lowest BCUT2D eigenvalue weighted by molar-refractivity contribution is 0.556. The SMILES string of the molecule is Nc1cc(Cl)c(F)c(S(=O)(=O)NCc2ncc[nH]2)c1. The Balaban J connectivity index is 2.29. The van der Waals surface area contributed by atoms with Crippen molar-refractivity contribution in [2.75, 3.05) is 5.73 Å². The molecule has 1 heterocycles. The number of sulfonamides is 1. The summed E-state index contributed by atoms with van der Waals surface area (Å²) in [6, 6.07) is 2.15. The van der Waals surface area contributed by atoms with Gasteiger partial charge in [-0.2, -0.15) is 0 Å². The normalized spacial score (nSPS) is 11.7. The van der Waals surface area contributed by atoms with E-state index in [9.17, 15) is 12.8 Å². The Morgan fingerprint density at radius 3 is 2.84 bits per heavy atom. The number of halogens is 2. The Bertz CT molecular complexity index is 688. The van der Waals surface area contributed by atoms with E-state index in [1.807, 2.05) is 0 Å². The van der Waals surface area contributed by atoms with Crippen molar-refractivity contribution in [1.29, 1.82) is 0 Å². The minimum atomic E-state index is -4.06. The molecule has 0 bridgehead atoms. The molecule has 4 N–H and O–H groups in total. The molecule has 0 fully saturated rings. The second kappa shape index (κ2) is 5.16. The summed E-state index contributed by atoms with van der Waals surface area (Å²) in [6.07, 6.45) is 3.02. The number of nitrogens with zero attached hydrogens (tertiary/aromatic N) is 1. The molecular formula is C10H10ClFN4O2S. The zero-order valence-corrected chi connectivity index (χ0v) is 11.1. The van der Waals surface area contributed by atoms with E-state index in [1.54, 1.807) is 6.20 Å². The van der Waals surface area contributed by atoms with E-state index in [-0.39, 0.29) is 17.3 Å². The Hall–Kier alpha value is -1.64. The van der Waals surface area contributed by atoms with Crippen LogP contribution < -0.4 is 10.5 Å². The average molecular weight is 305 g/mol. The summed E-state index contributed by atoms with van der Waals surface area (Å²) < 4.78 is 39.8. The number of aromatic amines is 1. The van der Waals surface area contributed by atoms with Crippen molar-refractivity contribution < 1.29 is 12.8 Å². The van der Waals surface area contributed by atoms with E-state index in [2.05, 4.69) is 14.7 Å². The van der Waals surface area contributed by atoms with Crippen molar-refractivity contribution in [2.24, 2.45) is 0 Å². The molecule has 0 saturated carbocycles. The number of anilines is 1. The first-order chi connectivity index (χ1) is 8.90. The van der Waals surface area contributed by atoms with Gasteiger partial charge < -0.3 is 10.7 Å². The zero-order chi connectivity index (χ0) is 14.0. The molecule has 0 spiro atoms. The topological polar surface area (TPSA) is 101 Å². The number of hydrogen-bond donors (Lipinski definition) is 3. The van der Waals surface area contributed by atoms with E-state index >= 15 is 0 Å². The average Bonchev–Trinajstić information content (AvgIpc) is 2.84. The maximum absolute atomic E-state index is 13.7. The summed E-state index contributed by atoms with van der Waals surface area (Å²) in [7, 11) is -4.06. The van der Waals surface area contributed by atoms with E-state index < -0.39 is 20.7 Å². The van der Waals surface area contributed by atoms with E-state index in [0.29, 0.717) is 5.82 Å². The van der Waals surface area contributed by atoms with Gasteiger partial charge in [-0.3, -0.25) is 0 Å². The van der Waals surface area contributed by atoms with Crippen molar-refractivity contribution in [3.8, 4) is 0 Å². The van der Waals surface area contributed by atoms with Crippen LogP contribution in [0.15, 0.2) is 29.4 Å². The molecule has 102 valence electrons. The van der Waals surface area contributed by atoms with Crippen molar-refractivity contribution in [1.82, 2.24) is 14.7 Å². The van der Waals surface area contributed by atoms with Crippen LogP contribution in [-0.2, 0) is 16.6 Å². The fourth-order valence-electron chi connectivity index (χ4n) is 1.42. The molecule has 0 amide bonds. The van der Waals surface area contributed by atoms with E-state index in [0.717, 1.165) is 12.1 Å². The van der Waals surface area contributed by atoms with Gasteiger partial charge in [-0.1, -0.05) is 11.6 Å². The summed E-state index contributed by atoms with van der Waals surface area (Å²) in [6.45, 7) is -0.0960. The Kier molecular flexibility index (Phi) is 3.74. The fourth-order valence-corrected chi connectivity index (χ4v) is 2.82. The van der Waals surface area contributed by atoms with Crippen LogP contribution in [0.4, 0.5) is 10.1 Å². The third-order valence-electron chi connectivity index (χ3n) is 2.29. The molecule has 2 aromatic rings. The summed E-state index contributed by atoms with van der Waals surface area (Å²) >= 11 is 5.56. The Morgan fingerprint density at radius 1 is 1.47 bits per heavy atom. The zero-order valence-electron chi connectivity index (χ0n) is 9.52. The number of nitrogen functional groups attached to an aromatic ring is 1. The van der Waals surface area contributed by atoms with Crippen LogP contribution in [-0.4, -0.2) is 18.4 Å². The standard InChI is InChI=1S/C10H10ClFN4O2S/c11-7-3-6(13)4-8(10(7)12)19(17,18)16-5-9-14-1-2-15-9/h1-4,16H,5,13H2,(H,14,15). The molecule has 0 aliphatic heterocycles. The van der Waals surface area contributed by atoms with Crippen LogP contribution in [0.5, 0.6) is 0 Å². The van der Waals surface area contributed by atoms with Gasteiger partial charge in [0.15, 0.2) is 5.82 Å². The molecular weight excluding hydrogens is 295 g/mol. The first-order valence-electron chi connectivity index (χ1n) is 5.12. The second-order valence-corrected chi connectivity index (χ2v) is 5.82. The van der Waals surface area contributed by atoms with Crippen molar-refractivity contribution in [2.45, 2.75) is 11.4 Å². The highest BCUT2D eigenvalue weighted by atomic mass is 35.5. The van der Waals surface area contributed by atoms with Gasteiger partial charge in [-0.25, -0.2) is 22.5 Å². The van der Waals surface area contributed by atoms with Crippen LogP contribution >= 0.6 is 11.6 Å². The third kappa shape index (κ3) is 3.03. The van der Waals surface area contributed by atoms with Crippen LogP contribution in [0.25, 0.3) is 0 Å². The highest BCUT2D eigenvalue weighted by Gasteiger charge is 2.21. The predicted octanol–water partition coefficient (Wildman–Crippen LogP) is 1.26. The largest absolute Gasteiger partial charge is 0.399 e. The summed E-state index contributed by atoms with van der Waals surface area (Å²) in [5.41, 5.74) is 5.51. The smallest absolute Gasteiger partial charge is 0.244 e. The Labute approximate surface area is 113 Å². The van der Waals surface area contributed by atoms with Gasteiger partial charge in [0.25, 0.3) is 0 Å². The molecule has 0 saturated heterocycles. The van der Waals surface area contributed by atoms with Gasteiger partial charge in [0, 0.05) is 18.1 Å². The maximum atomic E-state index is 13.7. The molecule has 0 atom stereocenters. The lowest BCUT2D eigenvalue weighted by Crippen LogP contribution is -2.25. The molecule has 0 radical (unpaired) electrons. The number of benzene rings is 1. The molecule has 0 unspecified atom stereocenters. The number of imidazole rings is 1. The van der Waals surface area contributed by atoms with Gasteiger partial charge in [-0.15, -0.1) is 0 Å². The molecule has 2 rings (SSSR count). The lowest BCUT2D eigenvalue weighted by atomic mass is 10.3. The fraction of sp³-hybridized carbons (Fsp3) is 0.100. The number of hydrogen-bond acceptors (Lipinski definition) is 4. The van der Waals surface area contributed by atoms with Crippen LogP contribution in [0.1, 0.15) is 5.82 Å². The summed E-state index contributed by atoms with van der Waals surface area (Å²) in [5, 5.41) is -0.349. The quantitative estimate of drug-likeness (QED) is 0.740. The maximum Gasteiger partial charge on any atom is 0.244 e. The first-order valence-corrected chi connectivity index (χ1v) is 6.98. The van der Waals surface area contributed by atoms with Gasteiger partial charge in [0.1, 0.15) is 10.7 Å². The second-order valence-electron chi connectivity index (χ2n) is 3.68. The highest BCUT2D eigenvalue weighted by molar-refractivity contribution is 7.89. The predicted molar refractivity (Wildman–Crippen MR) is 68.4 cm³/mol. The van der Waals surface area contributed by atoms with Gasteiger partial charge >= 0.3 is 0 Å². The minimum Gasteiger partial charge on any atom is -0.399 e. The van der Waals surface area contributed by atoms with Crippen LogP contribution in [0.2, 0.25) is 5.02 Å². The third-order valence-corrected chi connectivity index (χ3v) is 3.97. The minimum absolute atomic E-state index is 0.0600. The van der Waals surface area contributed by atoms with Gasteiger partial charge in [0.05, 0.1) is 11.6 Å². The number of nitrogens with one attached hydrogen (secondary N) is 2. The summed E-state index contributed by atoms with van der Waals surface area (Å²) in [4.78, 5) is 5.97. The lowest BCUT2D eigenvalue weighted by Gasteiger charge is -2.08. The number of rotatable bonds is 4. The number of H-pyrrole nitrogens is 1. The van der Waals surface area contributed by atoms with Crippen LogP contribution in [0.3, 0.4) is 0 Å². The molecule has 1 aromatic heterocycles. The number of nitrogens with two attached hydrogens (primary N) is 1. The molecule has 0 aliphatic rings. The highest BCUT2D eigenvalue weighted by Crippen LogP contribution is 2.25. The van der Waals surface area contributed by atoms with Crippen LogP contribution in [0, 0.1) is 5.82 Å². The molecule has 19 heavy (non-hydrogen) atoms. The monoisotopic (exact) mass is 304 g/mol. The van der Waals surface area contributed by atoms with Crippen molar-refractivity contribution >= 4 is 27.3 Å². The number of aromatic nitrogens is 2. The van der Waals surface area contributed by atoms with Gasteiger partial charge in [0.2, 0.25) is 10.0 Å². The molecule has 1 aromatic carbocycles. The molecule has 9 heteroatoms. The first kappa shape index (κ1) is 13.8. The Morgan fingerprint density at radius 2 is 2.21 bits per heavy atom. The molecule has 6 nitrogen and oxygen atoms in total. The van der Waals surface area contributed by atoms with E-state index in [1.165, 1.54) is 6.20 Å². The van der Waals surface area contributed by atoms with Crippen molar-refractivity contribution in [3.05, 3.63) is 41.2 Å². The summed E-state index contributed by atoms with van der Waals surface area (Å²) in [5.74, 6) is -0.637. The van der Waals surface area contributed by atoms with Gasteiger partial charge in [-0.05, 0) is 12.1 Å². The van der Waals surface area contributed by atoms with Crippen molar-refractivity contribution in [3.63, 3.8) is 0 Å². The van der Waals surface area contributed by atoms with E-state index in [4.69, 9.17) is 17.3 Å². The molecule has 0 aliphatic carbocycles.